The van der Waals surface area contributed by atoms with Crippen LogP contribution in [0.4, 0.5) is 0 Å². The lowest BCUT2D eigenvalue weighted by molar-refractivity contribution is -0.157. The number of phenolic OH excluding ortho intramolecular Hbond substituents is 1. The number of carbonyl (C=O) groups is 5. The van der Waals surface area contributed by atoms with E-state index in [4.69, 9.17) is 9.72 Å². The van der Waals surface area contributed by atoms with Crippen molar-refractivity contribution in [3.05, 3.63) is 71.5 Å². The van der Waals surface area contributed by atoms with E-state index >= 15 is 0 Å². The second-order valence-corrected chi connectivity index (χ2v) is 21.1. The molecule has 1 aliphatic carbocycles. The number of aromatic nitrogens is 2. The highest BCUT2D eigenvalue weighted by molar-refractivity contribution is 5.99. The molecule has 15 nitrogen and oxygen atoms in total. The molecule has 6 aliphatic rings. The number of amides is 4. The molecule has 7 heterocycles. The third-order valence-electron chi connectivity index (χ3n) is 14.7. The van der Waals surface area contributed by atoms with Crippen LogP contribution in [0.15, 0.2) is 54.7 Å². The number of cyclic esters (lactones) is 1. The molecule has 10 rings (SSSR count). The van der Waals surface area contributed by atoms with E-state index in [0.29, 0.717) is 57.3 Å². The molecule has 67 heavy (non-hydrogen) atoms. The number of rotatable bonds is 9. The number of nitrogens with one attached hydrogen (secondary N) is 3. The van der Waals surface area contributed by atoms with Gasteiger partial charge in [-0.15, -0.1) is 0 Å². The number of fused-ring (bicyclic) bond motifs is 7. The normalized spacial score (nSPS) is 25.1. The molecule has 0 spiro atoms. The number of ether oxygens (including phenoxy) is 1. The predicted molar refractivity (Wildman–Crippen MR) is 254 cm³/mol. The Morgan fingerprint density at radius 1 is 1.04 bits per heavy atom. The minimum Gasteiger partial charge on any atom is -0.508 e. The Hall–Kier alpha value is -5.80. The van der Waals surface area contributed by atoms with E-state index in [0.717, 1.165) is 44.5 Å². The number of aryl methyl sites for hydroxylation is 1. The molecule has 4 atom stereocenters. The van der Waals surface area contributed by atoms with Crippen molar-refractivity contribution < 1.29 is 33.8 Å². The molecule has 4 saturated heterocycles. The van der Waals surface area contributed by atoms with Crippen LogP contribution >= 0.6 is 0 Å². The first-order valence-corrected chi connectivity index (χ1v) is 24.2. The Kier molecular flexibility index (Phi) is 12.2. The van der Waals surface area contributed by atoms with Crippen LogP contribution in [0.2, 0.25) is 0 Å². The quantitative estimate of drug-likeness (QED) is 0.127. The van der Waals surface area contributed by atoms with Crippen molar-refractivity contribution in [3.8, 4) is 28.1 Å². The smallest absolute Gasteiger partial charge is 0.324 e. The summed E-state index contributed by atoms with van der Waals surface area (Å²) in [7, 11) is 1.61. The summed E-state index contributed by atoms with van der Waals surface area (Å²) in [5.74, 6) is -1.73. The molecule has 0 unspecified atom stereocenters. The molecule has 4 amide bonds. The summed E-state index contributed by atoms with van der Waals surface area (Å²) in [5.41, 5.74) is 9.12. The zero-order valence-corrected chi connectivity index (χ0v) is 40.1. The number of hydrazine groups is 1. The minimum atomic E-state index is -1.16. The van der Waals surface area contributed by atoms with Crippen LogP contribution in [0.1, 0.15) is 96.9 Å². The Morgan fingerprint density at radius 2 is 1.81 bits per heavy atom. The summed E-state index contributed by atoms with van der Waals surface area (Å²) >= 11 is 0. The summed E-state index contributed by atoms with van der Waals surface area (Å²) in [6.07, 6.45) is 4.51. The van der Waals surface area contributed by atoms with Gasteiger partial charge in [0.05, 0.1) is 24.0 Å². The van der Waals surface area contributed by atoms with E-state index in [1.807, 2.05) is 38.2 Å². The maximum absolute atomic E-state index is 14.8. The van der Waals surface area contributed by atoms with Crippen molar-refractivity contribution in [1.82, 2.24) is 40.4 Å². The molecule has 8 bridgehead atoms. The molecule has 0 radical (unpaired) electrons. The highest BCUT2D eigenvalue weighted by Crippen LogP contribution is 2.52. The average Bonchev–Trinajstić information content (AvgIpc) is 3.88. The predicted octanol–water partition coefficient (Wildman–Crippen LogP) is 5.31. The third-order valence-corrected chi connectivity index (χ3v) is 14.7. The largest absolute Gasteiger partial charge is 0.508 e. The monoisotopic (exact) mass is 915 g/mol. The summed E-state index contributed by atoms with van der Waals surface area (Å²) in [4.78, 5) is 79.4. The van der Waals surface area contributed by atoms with Gasteiger partial charge in [0, 0.05) is 67.7 Å². The summed E-state index contributed by atoms with van der Waals surface area (Å²) < 4.78 is 8.47. The third kappa shape index (κ3) is 8.58. The van der Waals surface area contributed by atoms with Gasteiger partial charge in [-0.1, -0.05) is 53.7 Å². The lowest BCUT2D eigenvalue weighted by Crippen LogP contribution is -2.65. The van der Waals surface area contributed by atoms with Crippen LogP contribution < -0.4 is 16.1 Å². The van der Waals surface area contributed by atoms with Crippen LogP contribution in [0.3, 0.4) is 0 Å². The number of benzene rings is 2. The number of nitrogens with zero attached hydrogens (tertiary/aromatic N) is 5. The van der Waals surface area contributed by atoms with Crippen molar-refractivity contribution in [2.24, 2.45) is 17.3 Å². The van der Waals surface area contributed by atoms with Crippen molar-refractivity contribution in [3.63, 3.8) is 0 Å². The zero-order chi connectivity index (χ0) is 47.7. The molecule has 4 aromatic rings. The Morgan fingerprint density at radius 3 is 2.51 bits per heavy atom. The second kappa shape index (κ2) is 17.7. The van der Waals surface area contributed by atoms with Gasteiger partial charge < -0.3 is 34.8 Å². The molecule has 15 heteroatoms. The number of aromatic hydroxyl groups is 1. The Balaban J connectivity index is 1.10. The number of carbonyl (C=O) groups excluding carboxylic acids is 5. The van der Waals surface area contributed by atoms with Gasteiger partial charge in [-0.2, -0.15) is 0 Å². The fourth-order valence-electron chi connectivity index (χ4n) is 11.4. The molecule has 4 N–H and O–H groups in total. The van der Waals surface area contributed by atoms with Gasteiger partial charge in [0.15, 0.2) is 0 Å². The fraction of sp³-hybridized carbons (Fsp3) is 0.538. The number of pyridine rings is 1. The molecule has 1 saturated carbocycles. The highest BCUT2D eigenvalue weighted by atomic mass is 16.5. The van der Waals surface area contributed by atoms with Gasteiger partial charge in [0.25, 0.3) is 5.91 Å². The van der Waals surface area contributed by atoms with E-state index in [1.165, 1.54) is 9.91 Å². The van der Waals surface area contributed by atoms with Crippen LogP contribution in [0, 0.1) is 17.3 Å². The number of esters is 1. The van der Waals surface area contributed by atoms with Gasteiger partial charge >= 0.3 is 5.97 Å². The molecule has 5 aliphatic heterocycles. The number of phenols is 1. The summed E-state index contributed by atoms with van der Waals surface area (Å²) in [6.45, 7) is 16.6. The van der Waals surface area contributed by atoms with Crippen LogP contribution in [-0.2, 0) is 48.1 Å². The Labute approximate surface area is 392 Å². The van der Waals surface area contributed by atoms with Crippen LogP contribution in [-0.4, -0.2) is 122 Å². The van der Waals surface area contributed by atoms with Gasteiger partial charge in [-0.3, -0.25) is 34.0 Å². The summed E-state index contributed by atoms with van der Waals surface area (Å²) in [6, 6.07) is 12.5. The molecular weight excluding hydrogens is 849 g/mol. The fourth-order valence-corrected chi connectivity index (χ4v) is 11.4. The summed E-state index contributed by atoms with van der Waals surface area (Å²) in [5, 5.41) is 19.9. The average molecular weight is 915 g/mol. The zero-order valence-electron chi connectivity index (χ0n) is 40.1. The van der Waals surface area contributed by atoms with Crippen LogP contribution in [0.25, 0.3) is 33.3 Å². The second-order valence-electron chi connectivity index (χ2n) is 21.1. The maximum atomic E-state index is 14.8. The molecule has 5 fully saturated rings. The lowest BCUT2D eigenvalue weighted by atomic mass is 9.72. The molecular formula is C52H66N8O7. The molecule has 356 valence electrons. The molecule has 2 aromatic carbocycles. The number of hydrogen-bond acceptors (Lipinski definition) is 10. The van der Waals surface area contributed by atoms with Crippen molar-refractivity contribution in [2.45, 2.75) is 129 Å². The van der Waals surface area contributed by atoms with Gasteiger partial charge in [-0.25, -0.2) is 5.43 Å². The standard InChI is InChI=1S/C52H66N8O7/c1-9-58-42-15-14-33-22-37(42)38(45(58)36-12-10-16-53-43(36)29(2)3)25-51(6,7)28-67-49(65)39-13-11-17-60(56-39)48(64)40(20-31-18-34(33)21-35(61)19-31)55-46(62)44(30(4)5)57(8)50(66)52-23-32(24-52)27-59(52)47(63)41-26-54-41/h10,12,14-16,18-19,21-22,29-30,32,39-41,44,54,56,61H,9,11,13,17,20,23-28H2,1-8H3,(H,55,62)/t32?,39-,40-,41-,44-,52?/m0/s1. The van der Waals surface area contributed by atoms with Gasteiger partial charge in [-0.05, 0) is 115 Å². The van der Waals surface area contributed by atoms with E-state index in [1.54, 1.807) is 24.1 Å². The minimum absolute atomic E-state index is 0.00105. The van der Waals surface area contributed by atoms with Crippen molar-refractivity contribution >= 4 is 40.5 Å². The first-order chi connectivity index (χ1) is 31.9. The lowest BCUT2D eigenvalue weighted by Gasteiger charge is -2.45. The maximum Gasteiger partial charge on any atom is 0.324 e. The van der Waals surface area contributed by atoms with Crippen molar-refractivity contribution in [2.75, 3.05) is 33.3 Å². The number of hydrogen-bond donors (Lipinski definition) is 4. The van der Waals surface area contributed by atoms with Gasteiger partial charge in [0.1, 0.15) is 29.4 Å². The van der Waals surface area contributed by atoms with E-state index in [9.17, 15) is 29.1 Å². The van der Waals surface area contributed by atoms with Gasteiger partial charge in [0.2, 0.25) is 17.7 Å². The van der Waals surface area contributed by atoms with E-state index in [2.05, 4.69) is 73.4 Å². The van der Waals surface area contributed by atoms with Crippen LogP contribution in [0.5, 0.6) is 5.75 Å². The first kappa shape index (κ1) is 46.3. The Bertz CT molecular complexity index is 2630. The number of likely N-dealkylation sites (N-methyl/N-ethyl adjacent to an activating group) is 1. The topological polar surface area (TPSA) is 188 Å². The first-order valence-electron chi connectivity index (χ1n) is 24.2. The molecule has 2 aromatic heterocycles. The SMILES string of the molecule is CCn1c(-c2cccnc2C(C)C)c2c3cc(ccc31)-c1cc(O)cc(c1)C[C@H](NC(=O)[C@H](C(C)C)N(C)C(=O)C13CC(CN1C(=O)[C@@H]1CN1)C3)C(=O)N1CCC[C@H](N1)C(=O)OCC(C)(C)C2. The van der Waals surface area contributed by atoms with Crippen molar-refractivity contribution in [1.29, 1.82) is 0 Å². The highest BCUT2D eigenvalue weighted by Gasteiger charge is 2.64. The van der Waals surface area contributed by atoms with E-state index < -0.39 is 46.9 Å². The van der Waals surface area contributed by atoms with E-state index in [-0.39, 0.29) is 60.9 Å².